The first-order valence-corrected chi connectivity index (χ1v) is 9.12. The Kier molecular flexibility index (Phi) is 5.74. The Morgan fingerprint density at radius 2 is 2.00 bits per heavy atom. The Hall–Kier alpha value is -1.59. The number of rotatable bonds is 5. The van der Waals surface area contributed by atoms with Crippen LogP contribution in [0.4, 0.5) is 0 Å². The van der Waals surface area contributed by atoms with E-state index in [1.54, 1.807) is 0 Å². The number of fused-ring (bicyclic) bond motifs is 1. The average molecular weight is 331 g/mol. The number of benzene rings is 1. The van der Waals surface area contributed by atoms with Gasteiger partial charge in [0.25, 0.3) is 0 Å². The molecule has 1 saturated heterocycles. The molecule has 0 bridgehead atoms. The largest absolute Gasteiger partial charge is 0.493 e. The van der Waals surface area contributed by atoms with Gasteiger partial charge in [0.05, 0.1) is 6.61 Å². The monoisotopic (exact) mass is 331 g/mol. The Bertz CT molecular complexity index is 553. The molecule has 0 aliphatic carbocycles. The molecular weight excluding hydrogens is 302 g/mol. The molecule has 0 aromatic heterocycles. The highest BCUT2D eigenvalue weighted by atomic mass is 16.5. The van der Waals surface area contributed by atoms with Crippen molar-refractivity contribution in [3.8, 4) is 5.75 Å². The summed E-state index contributed by atoms with van der Waals surface area (Å²) in [6.07, 6.45) is 3.48. The summed E-state index contributed by atoms with van der Waals surface area (Å²) in [5.74, 6) is 2.12. The Morgan fingerprint density at radius 3 is 2.79 bits per heavy atom. The predicted molar refractivity (Wildman–Crippen MR) is 94.7 cm³/mol. The second kappa shape index (κ2) is 7.99. The first-order valence-electron chi connectivity index (χ1n) is 9.12. The molecule has 5 nitrogen and oxygen atoms in total. The van der Waals surface area contributed by atoms with Crippen LogP contribution in [0.15, 0.2) is 24.3 Å². The van der Waals surface area contributed by atoms with Crippen LogP contribution in [0, 0.1) is 11.8 Å². The van der Waals surface area contributed by atoms with Gasteiger partial charge in [-0.2, -0.15) is 0 Å². The number of ether oxygens (including phenoxy) is 1. The first-order chi connectivity index (χ1) is 11.6. The first kappa shape index (κ1) is 17.2. The molecule has 1 amide bonds. The normalized spacial score (nSPS) is 29.4. The lowest BCUT2D eigenvalue weighted by molar-refractivity contribution is -0.121. The zero-order chi connectivity index (χ0) is 16.9. The van der Waals surface area contributed by atoms with Crippen LogP contribution >= 0.6 is 0 Å². The van der Waals surface area contributed by atoms with Gasteiger partial charge in [0.2, 0.25) is 5.91 Å². The molecule has 1 aromatic carbocycles. The van der Waals surface area contributed by atoms with Crippen LogP contribution in [-0.4, -0.2) is 31.1 Å². The lowest BCUT2D eigenvalue weighted by atomic mass is 9.91. The number of para-hydroxylation sites is 1. The van der Waals surface area contributed by atoms with E-state index in [1.807, 2.05) is 12.1 Å². The zero-order valence-electron chi connectivity index (χ0n) is 14.7. The third-order valence-corrected chi connectivity index (χ3v) is 5.38. The van der Waals surface area contributed by atoms with Crippen molar-refractivity contribution in [1.82, 2.24) is 16.2 Å². The maximum Gasteiger partial charge on any atom is 0.220 e. The van der Waals surface area contributed by atoms with E-state index < -0.39 is 0 Å². The molecule has 1 aromatic rings. The Labute approximate surface area is 144 Å². The molecule has 0 radical (unpaired) electrons. The van der Waals surface area contributed by atoms with Crippen molar-refractivity contribution in [2.45, 2.75) is 51.6 Å². The fraction of sp³-hybridized carbons (Fsp3) is 0.632. The van der Waals surface area contributed by atoms with E-state index in [4.69, 9.17) is 4.74 Å². The molecule has 24 heavy (non-hydrogen) atoms. The number of hydrogen-bond donors (Lipinski definition) is 3. The Morgan fingerprint density at radius 1 is 1.25 bits per heavy atom. The minimum atomic E-state index is 0.166. The van der Waals surface area contributed by atoms with Crippen LogP contribution in [0.25, 0.3) is 0 Å². The van der Waals surface area contributed by atoms with Crippen molar-refractivity contribution < 1.29 is 9.53 Å². The number of amides is 1. The quantitative estimate of drug-likeness (QED) is 0.772. The summed E-state index contributed by atoms with van der Waals surface area (Å²) in [6.45, 7) is 5.80. The van der Waals surface area contributed by atoms with Crippen molar-refractivity contribution in [1.29, 1.82) is 0 Å². The predicted octanol–water partition coefficient (Wildman–Crippen LogP) is 2.03. The van der Waals surface area contributed by atoms with Crippen LogP contribution in [0.5, 0.6) is 5.75 Å². The molecule has 0 spiro atoms. The standard InChI is InChI=1S/C19H29N3O2/c1-13-17(14(2)22-21-13)7-8-19(23)20-12-15-9-10-24-18-6-4-3-5-16(18)11-15/h3-6,13-15,17,21-22H,7-12H2,1-2H3,(H,20,23). The number of carbonyl (C=O) groups excluding carboxylic acids is 1. The number of hydrogen-bond acceptors (Lipinski definition) is 4. The van der Waals surface area contributed by atoms with Crippen molar-refractivity contribution in [3.05, 3.63) is 29.8 Å². The van der Waals surface area contributed by atoms with E-state index in [0.29, 0.717) is 30.3 Å². The van der Waals surface area contributed by atoms with Crippen molar-refractivity contribution in [3.63, 3.8) is 0 Å². The van der Waals surface area contributed by atoms with Crippen LogP contribution < -0.4 is 20.9 Å². The van der Waals surface area contributed by atoms with Gasteiger partial charge in [-0.25, -0.2) is 0 Å². The summed E-state index contributed by atoms with van der Waals surface area (Å²) in [7, 11) is 0. The maximum absolute atomic E-state index is 12.2. The van der Waals surface area contributed by atoms with Gasteiger partial charge in [0.1, 0.15) is 5.75 Å². The van der Waals surface area contributed by atoms with Crippen LogP contribution in [0.3, 0.4) is 0 Å². The lowest BCUT2D eigenvalue weighted by Crippen LogP contribution is -2.32. The van der Waals surface area contributed by atoms with Gasteiger partial charge in [-0.15, -0.1) is 0 Å². The molecule has 5 heteroatoms. The molecule has 132 valence electrons. The molecule has 3 atom stereocenters. The molecule has 3 N–H and O–H groups in total. The van der Waals surface area contributed by atoms with Gasteiger partial charge in [-0.05, 0) is 56.6 Å². The molecule has 2 aliphatic heterocycles. The van der Waals surface area contributed by atoms with Gasteiger partial charge in [-0.1, -0.05) is 18.2 Å². The second-order valence-electron chi connectivity index (χ2n) is 7.19. The summed E-state index contributed by atoms with van der Waals surface area (Å²) in [6, 6.07) is 9.05. The summed E-state index contributed by atoms with van der Waals surface area (Å²) >= 11 is 0. The molecule has 0 saturated carbocycles. The van der Waals surface area contributed by atoms with Crippen LogP contribution in [0.1, 0.15) is 38.7 Å². The molecule has 1 fully saturated rings. The SMILES string of the molecule is CC1NNC(C)C1CCC(=O)NCC1CCOc2ccccc2C1. The van der Waals surface area contributed by atoms with Crippen LogP contribution in [0.2, 0.25) is 0 Å². The zero-order valence-corrected chi connectivity index (χ0v) is 14.7. The van der Waals surface area contributed by atoms with Crippen molar-refractivity contribution >= 4 is 5.91 Å². The van der Waals surface area contributed by atoms with Gasteiger partial charge in [-0.3, -0.25) is 15.6 Å². The van der Waals surface area contributed by atoms with Crippen molar-refractivity contribution in [2.24, 2.45) is 11.8 Å². The number of nitrogens with one attached hydrogen (secondary N) is 3. The molecule has 3 rings (SSSR count). The summed E-state index contributed by atoms with van der Waals surface area (Å²) in [4.78, 5) is 12.2. The lowest BCUT2D eigenvalue weighted by Gasteiger charge is -2.18. The molecule has 3 unspecified atom stereocenters. The van der Waals surface area contributed by atoms with Gasteiger partial charge < -0.3 is 10.1 Å². The topological polar surface area (TPSA) is 62.4 Å². The third kappa shape index (κ3) is 4.28. The summed E-state index contributed by atoms with van der Waals surface area (Å²) < 4.78 is 5.80. The van der Waals surface area contributed by atoms with E-state index in [9.17, 15) is 4.79 Å². The van der Waals surface area contributed by atoms with Crippen LogP contribution in [-0.2, 0) is 11.2 Å². The smallest absolute Gasteiger partial charge is 0.220 e. The molecule has 2 aliphatic rings. The highest BCUT2D eigenvalue weighted by Crippen LogP contribution is 2.26. The highest BCUT2D eigenvalue weighted by Gasteiger charge is 2.29. The fourth-order valence-corrected chi connectivity index (χ4v) is 3.79. The van der Waals surface area contributed by atoms with Gasteiger partial charge in [0.15, 0.2) is 0 Å². The summed E-state index contributed by atoms with van der Waals surface area (Å²) in [5.41, 5.74) is 7.75. The van der Waals surface area contributed by atoms with E-state index >= 15 is 0 Å². The molecule has 2 heterocycles. The third-order valence-electron chi connectivity index (χ3n) is 5.38. The number of hydrazine groups is 1. The minimum absolute atomic E-state index is 0.166. The highest BCUT2D eigenvalue weighted by molar-refractivity contribution is 5.75. The number of carbonyl (C=O) groups is 1. The van der Waals surface area contributed by atoms with E-state index in [2.05, 4.69) is 42.1 Å². The second-order valence-corrected chi connectivity index (χ2v) is 7.19. The Balaban J connectivity index is 1.43. The fourth-order valence-electron chi connectivity index (χ4n) is 3.79. The summed E-state index contributed by atoms with van der Waals surface area (Å²) in [5, 5.41) is 3.13. The van der Waals surface area contributed by atoms with E-state index in [-0.39, 0.29) is 5.91 Å². The minimum Gasteiger partial charge on any atom is -0.493 e. The average Bonchev–Trinajstić information content (AvgIpc) is 2.79. The van der Waals surface area contributed by atoms with Gasteiger partial charge >= 0.3 is 0 Å². The van der Waals surface area contributed by atoms with Crippen molar-refractivity contribution in [2.75, 3.05) is 13.2 Å². The van der Waals surface area contributed by atoms with E-state index in [0.717, 1.165) is 38.2 Å². The van der Waals surface area contributed by atoms with Gasteiger partial charge in [0, 0.05) is 25.0 Å². The van der Waals surface area contributed by atoms with E-state index in [1.165, 1.54) is 5.56 Å². The maximum atomic E-state index is 12.2. The molecular formula is C19H29N3O2.